The average molecular weight is 461 g/mol. The van der Waals surface area contributed by atoms with Gasteiger partial charge in [0.2, 0.25) is 5.90 Å². The van der Waals surface area contributed by atoms with Gasteiger partial charge in [0.25, 0.3) is 6.43 Å². The second kappa shape index (κ2) is 13.2. The molecule has 1 heterocycles. The fourth-order valence-corrected chi connectivity index (χ4v) is 4.63. The molecule has 8 heteroatoms. The van der Waals surface area contributed by atoms with Crippen molar-refractivity contribution in [2.75, 3.05) is 36.3 Å². The van der Waals surface area contributed by atoms with E-state index in [1.54, 1.807) is 0 Å². The van der Waals surface area contributed by atoms with Crippen molar-refractivity contribution in [1.82, 2.24) is 4.90 Å². The fraction of sp³-hybridized carbons (Fsp3) is 0.417. The van der Waals surface area contributed by atoms with E-state index in [-0.39, 0.29) is 5.90 Å². The van der Waals surface area contributed by atoms with E-state index in [2.05, 4.69) is 38.3 Å². The van der Waals surface area contributed by atoms with Gasteiger partial charge in [0.05, 0.1) is 6.54 Å². The molecule has 1 saturated heterocycles. The predicted molar refractivity (Wildman–Crippen MR) is 130 cm³/mol. The molecule has 0 saturated carbocycles. The van der Waals surface area contributed by atoms with E-state index in [1.807, 2.05) is 54.4 Å². The van der Waals surface area contributed by atoms with Gasteiger partial charge in [-0.2, -0.15) is 5.10 Å². The van der Waals surface area contributed by atoms with Crippen LogP contribution in [0.2, 0.25) is 0 Å². The first-order valence-electron chi connectivity index (χ1n) is 10.9. The van der Waals surface area contributed by atoms with Gasteiger partial charge in [0, 0.05) is 30.3 Å². The molecule has 0 atom stereocenters. The number of piperidine rings is 1. The number of halogens is 2. The molecule has 2 aromatic rings. The molecule has 0 N–H and O–H groups in total. The lowest BCUT2D eigenvalue weighted by molar-refractivity contribution is 0.0765. The minimum atomic E-state index is -2.58. The van der Waals surface area contributed by atoms with E-state index in [4.69, 9.17) is 4.74 Å². The minimum absolute atomic E-state index is 0.0441. The highest BCUT2D eigenvalue weighted by atomic mass is 32.2. The Hall–Kier alpha value is -2.45. The number of likely N-dealkylation sites (tertiary alicyclic amines) is 1. The number of nitrogens with zero attached hydrogens (tertiary/aromatic N) is 4. The zero-order valence-electron chi connectivity index (χ0n) is 18.2. The molecule has 1 fully saturated rings. The van der Waals surface area contributed by atoms with E-state index in [0.29, 0.717) is 5.56 Å². The summed E-state index contributed by atoms with van der Waals surface area (Å²) in [5, 5.41) is 7.17. The number of para-hydroxylation sites is 1. The average Bonchev–Trinajstić information content (AvgIpc) is 2.83. The number of ether oxygens (including phenoxy) is 1. The molecule has 0 unspecified atom stereocenters. The van der Waals surface area contributed by atoms with Crippen LogP contribution in [0.3, 0.4) is 0 Å². The lowest BCUT2D eigenvalue weighted by Crippen LogP contribution is -2.32. The largest absolute Gasteiger partial charge is 0.470 e. The van der Waals surface area contributed by atoms with Crippen LogP contribution < -0.4 is 4.31 Å². The van der Waals surface area contributed by atoms with Crippen molar-refractivity contribution < 1.29 is 13.5 Å². The van der Waals surface area contributed by atoms with Crippen LogP contribution in [0.1, 0.15) is 30.4 Å². The Balaban J connectivity index is 1.64. The SMILES string of the molecule is C=N/N=C(\OCC(F)F)c1ccc(CN(SCCN2CCCCC2)c2ccccc2)cc1. The lowest BCUT2D eigenvalue weighted by Gasteiger charge is -2.28. The molecule has 0 aromatic heterocycles. The van der Waals surface area contributed by atoms with Crippen LogP contribution in [0.4, 0.5) is 14.5 Å². The van der Waals surface area contributed by atoms with Crippen LogP contribution in [0, 0.1) is 0 Å². The summed E-state index contributed by atoms with van der Waals surface area (Å²) in [4.78, 5) is 2.54. The van der Waals surface area contributed by atoms with Gasteiger partial charge in [0.15, 0.2) is 6.61 Å². The van der Waals surface area contributed by atoms with Gasteiger partial charge in [-0.15, -0.1) is 5.10 Å². The van der Waals surface area contributed by atoms with Crippen molar-refractivity contribution in [2.24, 2.45) is 10.2 Å². The van der Waals surface area contributed by atoms with Crippen molar-refractivity contribution in [2.45, 2.75) is 32.2 Å². The summed E-state index contributed by atoms with van der Waals surface area (Å²) in [5.74, 6) is 1.07. The fourth-order valence-electron chi connectivity index (χ4n) is 3.56. The Kier molecular flexibility index (Phi) is 9.97. The van der Waals surface area contributed by atoms with Gasteiger partial charge in [-0.3, -0.25) is 0 Å². The summed E-state index contributed by atoms with van der Waals surface area (Å²) >= 11 is 1.83. The smallest absolute Gasteiger partial charge is 0.272 e. The quantitative estimate of drug-likeness (QED) is 0.193. The van der Waals surface area contributed by atoms with Gasteiger partial charge in [-0.25, -0.2) is 8.78 Å². The van der Waals surface area contributed by atoms with Crippen LogP contribution in [-0.2, 0) is 11.3 Å². The van der Waals surface area contributed by atoms with E-state index in [9.17, 15) is 8.78 Å². The summed E-state index contributed by atoms with van der Waals surface area (Å²) in [7, 11) is 0. The van der Waals surface area contributed by atoms with Crippen LogP contribution >= 0.6 is 11.9 Å². The molecule has 0 bridgehead atoms. The van der Waals surface area contributed by atoms with Gasteiger partial charge >= 0.3 is 0 Å². The zero-order valence-corrected chi connectivity index (χ0v) is 19.0. The molecular weight excluding hydrogens is 430 g/mol. The third kappa shape index (κ3) is 7.91. The topological polar surface area (TPSA) is 40.4 Å². The number of anilines is 1. The minimum Gasteiger partial charge on any atom is -0.470 e. The number of hydrogen-bond donors (Lipinski definition) is 0. The van der Waals surface area contributed by atoms with Gasteiger partial charge in [-0.1, -0.05) is 36.8 Å². The molecule has 0 amide bonds. The zero-order chi connectivity index (χ0) is 22.6. The van der Waals surface area contributed by atoms with E-state index < -0.39 is 13.0 Å². The highest BCUT2D eigenvalue weighted by molar-refractivity contribution is 8.00. The molecule has 3 rings (SSSR count). The maximum atomic E-state index is 12.5. The molecule has 0 radical (unpaired) electrons. The van der Waals surface area contributed by atoms with Crippen molar-refractivity contribution in [1.29, 1.82) is 0 Å². The first-order chi connectivity index (χ1) is 15.7. The van der Waals surface area contributed by atoms with Gasteiger partial charge in [-0.05, 0) is 67.7 Å². The Morgan fingerprint density at radius 2 is 1.78 bits per heavy atom. The molecule has 2 aromatic carbocycles. The normalized spacial score (nSPS) is 15.0. The monoisotopic (exact) mass is 460 g/mol. The Labute approximate surface area is 193 Å². The Morgan fingerprint density at radius 3 is 2.44 bits per heavy atom. The molecule has 0 aliphatic carbocycles. The maximum absolute atomic E-state index is 12.5. The summed E-state index contributed by atoms with van der Waals surface area (Å²) in [5.41, 5.74) is 2.84. The number of alkyl halides is 2. The number of rotatable bonds is 11. The molecule has 1 aliphatic rings. The van der Waals surface area contributed by atoms with Crippen molar-refractivity contribution >= 4 is 30.3 Å². The van der Waals surface area contributed by atoms with Crippen molar-refractivity contribution in [3.05, 3.63) is 65.7 Å². The van der Waals surface area contributed by atoms with E-state index >= 15 is 0 Å². The summed E-state index contributed by atoms with van der Waals surface area (Å²) in [6.07, 6.45) is 1.36. The molecule has 172 valence electrons. The van der Waals surface area contributed by atoms with Gasteiger partial charge in [0.1, 0.15) is 0 Å². The molecule has 0 spiro atoms. The molecule has 32 heavy (non-hydrogen) atoms. The van der Waals surface area contributed by atoms with E-state index in [1.165, 1.54) is 32.4 Å². The molecule has 1 aliphatic heterocycles. The molecular formula is C24H30F2N4OS. The highest BCUT2D eigenvalue weighted by Gasteiger charge is 2.14. The van der Waals surface area contributed by atoms with Gasteiger partial charge < -0.3 is 13.9 Å². The van der Waals surface area contributed by atoms with Crippen molar-refractivity contribution in [3.63, 3.8) is 0 Å². The van der Waals surface area contributed by atoms with Crippen LogP contribution in [0.5, 0.6) is 0 Å². The highest BCUT2D eigenvalue weighted by Crippen LogP contribution is 2.25. The predicted octanol–water partition coefficient (Wildman–Crippen LogP) is 5.47. The van der Waals surface area contributed by atoms with Crippen LogP contribution in [0.25, 0.3) is 0 Å². The van der Waals surface area contributed by atoms with Crippen LogP contribution in [0.15, 0.2) is 64.8 Å². The second-order valence-corrected chi connectivity index (χ2v) is 8.66. The second-order valence-electron chi connectivity index (χ2n) is 7.55. The lowest BCUT2D eigenvalue weighted by atomic mass is 10.1. The summed E-state index contributed by atoms with van der Waals surface area (Å²) in [6, 6.07) is 17.9. The first-order valence-corrected chi connectivity index (χ1v) is 11.8. The van der Waals surface area contributed by atoms with E-state index in [0.717, 1.165) is 30.1 Å². The third-order valence-corrected chi connectivity index (χ3v) is 6.20. The third-order valence-electron chi connectivity index (χ3n) is 5.18. The maximum Gasteiger partial charge on any atom is 0.272 e. The summed E-state index contributed by atoms with van der Waals surface area (Å²) in [6.45, 7) is 6.76. The first kappa shape index (κ1) is 24.2. The van der Waals surface area contributed by atoms with Crippen molar-refractivity contribution in [3.8, 4) is 0 Å². The standard InChI is InChI=1S/C24H30F2N4OS/c1-27-28-24(31-19-23(25)26)21-12-10-20(11-13-21)18-30(22-8-4-2-5-9-22)32-17-16-29-14-6-3-7-15-29/h2,4-5,8-13,23H,1,3,6-7,14-19H2/b28-24-. The summed E-state index contributed by atoms with van der Waals surface area (Å²) < 4.78 is 32.4. The van der Waals surface area contributed by atoms with Crippen LogP contribution in [-0.4, -0.2) is 55.9 Å². The number of hydrogen-bond acceptors (Lipinski definition) is 6. The number of benzene rings is 2. The Morgan fingerprint density at radius 1 is 1.06 bits per heavy atom. The Bertz CT molecular complexity index is 843. The molecule has 5 nitrogen and oxygen atoms in total.